The van der Waals surface area contributed by atoms with Crippen molar-refractivity contribution in [2.75, 3.05) is 18.1 Å². The van der Waals surface area contributed by atoms with E-state index in [0.29, 0.717) is 48.3 Å². The summed E-state index contributed by atoms with van der Waals surface area (Å²) in [6.45, 7) is 1.35. The Morgan fingerprint density at radius 3 is 2.72 bits per heavy atom. The van der Waals surface area contributed by atoms with Crippen LogP contribution in [0, 0.1) is 12.3 Å². The highest BCUT2D eigenvalue weighted by Crippen LogP contribution is 2.31. The Hall–Kier alpha value is -3.91. The first-order chi connectivity index (χ1) is 14.2. The maximum Gasteiger partial charge on any atom is 0.251 e. The largest absolute Gasteiger partial charge is 0.486 e. The monoisotopic (exact) mass is 385 g/mol. The molecule has 2 heterocycles. The molecule has 29 heavy (non-hydrogen) atoms. The van der Waals surface area contributed by atoms with E-state index >= 15 is 0 Å². The minimum Gasteiger partial charge on any atom is -0.486 e. The van der Waals surface area contributed by atoms with Crippen LogP contribution in [0.1, 0.15) is 16.9 Å². The van der Waals surface area contributed by atoms with Crippen LogP contribution in [0.3, 0.4) is 0 Å². The molecular weight excluding hydrogens is 366 g/mol. The minimum absolute atomic E-state index is 0.189. The predicted molar refractivity (Wildman–Crippen MR) is 111 cm³/mol. The van der Waals surface area contributed by atoms with Gasteiger partial charge in [-0.15, -0.1) is 6.42 Å². The molecule has 3 aromatic rings. The predicted octanol–water partition coefficient (Wildman–Crippen LogP) is 4.28. The van der Waals surface area contributed by atoms with Crippen molar-refractivity contribution in [1.82, 2.24) is 0 Å². The Morgan fingerprint density at radius 2 is 1.93 bits per heavy atom. The molecule has 0 radical (unpaired) electrons. The van der Waals surface area contributed by atoms with Gasteiger partial charge in [0.2, 0.25) is 0 Å². The van der Waals surface area contributed by atoms with Crippen LogP contribution in [0.5, 0.6) is 11.5 Å². The Kier molecular flexibility index (Phi) is 5.35. The van der Waals surface area contributed by atoms with Gasteiger partial charge in [0.25, 0.3) is 5.91 Å². The smallest absolute Gasteiger partial charge is 0.251 e. The summed E-state index contributed by atoms with van der Waals surface area (Å²) in [5, 5.41) is 0. The van der Waals surface area contributed by atoms with Gasteiger partial charge in [0.15, 0.2) is 11.5 Å². The second-order valence-corrected chi connectivity index (χ2v) is 6.43. The number of furan rings is 1. The first-order valence-electron chi connectivity index (χ1n) is 9.21. The van der Waals surface area contributed by atoms with Crippen molar-refractivity contribution in [3.63, 3.8) is 0 Å². The van der Waals surface area contributed by atoms with E-state index in [2.05, 4.69) is 5.92 Å². The van der Waals surface area contributed by atoms with Gasteiger partial charge in [-0.05, 0) is 54.1 Å². The lowest BCUT2D eigenvalue weighted by atomic mass is 10.1. The van der Waals surface area contributed by atoms with Gasteiger partial charge in [-0.25, -0.2) is 0 Å². The average molecular weight is 385 g/mol. The van der Waals surface area contributed by atoms with Crippen LogP contribution in [-0.2, 0) is 11.3 Å². The first kappa shape index (κ1) is 18.5. The number of anilines is 1. The third-order valence-electron chi connectivity index (χ3n) is 4.47. The number of carbonyl (C=O) groups excluding carboxylic acids is 1. The molecule has 0 atom stereocenters. The van der Waals surface area contributed by atoms with Crippen LogP contribution in [0.4, 0.5) is 5.69 Å². The number of fused-ring (bicyclic) bond motifs is 1. The summed E-state index contributed by atoms with van der Waals surface area (Å²) in [6.07, 6.45) is 10.4. The van der Waals surface area contributed by atoms with Crippen molar-refractivity contribution >= 4 is 17.7 Å². The molecule has 0 fully saturated rings. The zero-order chi connectivity index (χ0) is 20.1. The van der Waals surface area contributed by atoms with Crippen LogP contribution >= 0.6 is 0 Å². The standard InChI is InChI=1S/C24H19NO4/c1-2-18-5-3-6-20(15-18)25(17-21-7-4-12-27-21)24(26)11-9-19-8-10-22-23(16-19)29-14-13-28-22/h1,3-12,15-16H,13-14,17H2/b11-9+. The molecule has 0 aliphatic carbocycles. The van der Waals surface area contributed by atoms with Crippen LogP contribution in [0.25, 0.3) is 6.08 Å². The van der Waals surface area contributed by atoms with E-state index in [0.717, 1.165) is 5.56 Å². The number of terminal acetylenes is 1. The average Bonchev–Trinajstić information content (AvgIpc) is 3.29. The van der Waals surface area contributed by atoms with E-state index in [9.17, 15) is 4.79 Å². The Balaban J connectivity index is 1.59. The molecular formula is C24H19NO4. The van der Waals surface area contributed by atoms with Crippen LogP contribution in [0.2, 0.25) is 0 Å². The third kappa shape index (κ3) is 4.33. The molecule has 0 saturated carbocycles. The summed E-state index contributed by atoms with van der Waals surface area (Å²) in [6, 6.07) is 16.5. The summed E-state index contributed by atoms with van der Waals surface area (Å²) in [7, 11) is 0. The quantitative estimate of drug-likeness (QED) is 0.486. The zero-order valence-corrected chi connectivity index (χ0v) is 15.7. The maximum atomic E-state index is 13.0. The fourth-order valence-corrected chi connectivity index (χ4v) is 3.04. The number of nitrogens with zero attached hydrogens (tertiary/aromatic N) is 1. The van der Waals surface area contributed by atoms with Gasteiger partial charge in [-0.2, -0.15) is 0 Å². The molecule has 1 aliphatic rings. The van der Waals surface area contributed by atoms with Gasteiger partial charge in [0.05, 0.1) is 12.8 Å². The van der Waals surface area contributed by atoms with Crippen molar-refractivity contribution in [2.45, 2.75) is 6.54 Å². The minimum atomic E-state index is -0.189. The van der Waals surface area contributed by atoms with Gasteiger partial charge in [-0.3, -0.25) is 4.79 Å². The number of ether oxygens (including phenoxy) is 2. The van der Waals surface area contributed by atoms with Crippen molar-refractivity contribution in [1.29, 1.82) is 0 Å². The van der Waals surface area contributed by atoms with Crippen molar-refractivity contribution in [3.8, 4) is 23.8 Å². The molecule has 0 spiro atoms. The Bertz CT molecular complexity index is 1080. The highest BCUT2D eigenvalue weighted by molar-refractivity contribution is 6.03. The summed E-state index contributed by atoms with van der Waals surface area (Å²) >= 11 is 0. The maximum absolute atomic E-state index is 13.0. The van der Waals surface area contributed by atoms with Crippen LogP contribution in [0.15, 0.2) is 71.4 Å². The molecule has 1 amide bonds. The number of hydrogen-bond donors (Lipinski definition) is 0. The second kappa shape index (κ2) is 8.41. The van der Waals surface area contributed by atoms with Crippen molar-refractivity contribution in [3.05, 3.63) is 83.8 Å². The normalized spacial score (nSPS) is 12.5. The molecule has 5 nitrogen and oxygen atoms in total. The highest BCUT2D eigenvalue weighted by atomic mass is 16.6. The summed E-state index contributed by atoms with van der Waals surface area (Å²) in [4.78, 5) is 14.6. The van der Waals surface area contributed by atoms with Gasteiger partial charge in [0, 0.05) is 17.3 Å². The SMILES string of the molecule is C#Cc1cccc(N(Cc2ccco2)C(=O)/C=C/c2ccc3c(c2)OCCO3)c1. The Labute approximate surface area is 169 Å². The summed E-state index contributed by atoms with van der Waals surface area (Å²) in [5.74, 6) is 4.48. The number of amides is 1. The lowest BCUT2D eigenvalue weighted by Gasteiger charge is -2.21. The molecule has 144 valence electrons. The van der Waals surface area contributed by atoms with E-state index in [1.165, 1.54) is 6.08 Å². The zero-order valence-electron chi connectivity index (χ0n) is 15.7. The van der Waals surface area contributed by atoms with Gasteiger partial charge >= 0.3 is 0 Å². The summed E-state index contributed by atoms with van der Waals surface area (Å²) in [5.41, 5.74) is 2.25. The molecule has 5 heteroatoms. The van der Waals surface area contributed by atoms with E-state index < -0.39 is 0 Å². The van der Waals surface area contributed by atoms with Crippen molar-refractivity contribution < 1.29 is 18.7 Å². The number of carbonyl (C=O) groups is 1. The highest BCUT2D eigenvalue weighted by Gasteiger charge is 2.16. The van der Waals surface area contributed by atoms with Crippen molar-refractivity contribution in [2.24, 2.45) is 0 Å². The number of hydrogen-bond acceptors (Lipinski definition) is 4. The summed E-state index contributed by atoms with van der Waals surface area (Å²) < 4.78 is 16.6. The van der Waals surface area contributed by atoms with Crippen LogP contribution < -0.4 is 14.4 Å². The topological polar surface area (TPSA) is 51.9 Å². The molecule has 4 rings (SSSR count). The van der Waals surface area contributed by atoms with Gasteiger partial charge in [-0.1, -0.05) is 18.1 Å². The first-order valence-corrected chi connectivity index (χ1v) is 9.21. The molecule has 0 N–H and O–H groups in total. The number of rotatable bonds is 5. The van der Waals surface area contributed by atoms with E-state index in [-0.39, 0.29) is 5.91 Å². The molecule has 2 aromatic carbocycles. The second-order valence-electron chi connectivity index (χ2n) is 6.43. The van der Waals surface area contributed by atoms with Gasteiger partial charge in [0.1, 0.15) is 19.0 Å². The number of benzene rings is 2. The van der Waals surface area contributed by atoms with Gasteiger partial charge < -0.3 is 18.8 Å². The van der Waals surface area contributed by atoms with E-state index in [1.807, 2.05) is 42.5 Å². The van der Waals surface area contributed by atoms with E-state index in [4.69, 9.17) is 20.3 Å². The lowest BCUT2D eigenvalue weighted by Crippen LogP contribution is -2.28. The molecule has 0 saturated heterocycles. The fourth-order valence-electron chi connectivity index (χ4n) is 3.04. The Morgan fingerprint density at radius 1 is 1.07 bits per heavy atom. The fraction of sp³-hybridized carbons (Fsp3) is 0.125. The molecule has 0 unspecified atom stereocenters. The molecule has 1 aliphatic heterocycles. The lowest BCUT2D eigenvalue weighted by molar-refractivity contribution is -0.114. The molecule has 1 aromatic heterocycles. The third-order valence-corrected chi connectivity index (χ3v) is 4.47. The van der Waals surface area contributed by atoms with E-state index in [1.54, 1.807) is 29.4 Å². The molecule has 0 bridgehead atoms. The van der Waals surface area contributed by atoms with Crippen LogP contribution in [-0.4, -0.2) is 19.1 Å².